The molecule has 0 unspecified atom stereocenters. The Balaban J connectivity index is 2.32. The molecule has 0 aliphatic carbocycles. The summed E-state index contributed by atoms with van der Waals surface area (Å²) in [5.74, 6) is -4.88. The predicted molar refractivity (Wildman–Crippen MR) is 241 cm³/mol. The lowest BCUT2D eigenvalue weighted by atomic mass is 10.0. The van der Waals surface area contributed by atoms with E-state index in [1.54, 1.807) is 19.1 Å². The van der Waals surface area contributed by atoms with Crippen LogP contribution in [0.1, 0.15) is 90.5 Å². The summed E-state index contributed by atoms with van der Waals surface area (Å²) < 4.78 is 0. The van der Waals surface area contributed by atoms with Crippen molar-refractivity contribution in [2.24, 2.45) is 56.0 Å². The highest BCUT2D eigenvalue weighted by Crippen LogP contribution is 2.20. The molecule has 20 N–H and O–H groups in total. The van der Waals surface area contributed by atoms with Crippen LogP contribution in [0.25, 0.3) is 0 Å². The van der Waals surface area contributed by atoms with E-state index < -0.39 is 83.6 Å². The first-order valence-electron chi connectivity index (χ1n) is 21.7. The monoisotopic (exact) mass is 902 g/mol. The van der Waals surface area contributed by atoms with Gasteiger partial charge in [-0.05, 0) is 81.4 Å². The minimum atomic E-state index is -1.33. The number of rotatable bonds is 28. The molecule has 23 heteroatoms. The summed E-state index contributed by atoms with van der Waals surface area (Å²) >= 11 is 0. The number of phenolic OH excluding ortho intramolecular Hbond substituents is 1. The molecule has 1 aromatic carbocycles. The van der Waals surface area contributed by atoms with E-state index in [2.05, 4.69) is 36.6 Å². The third-order valence-electron chi connectivity index (χ3n) is 10.5. The Hall–Kier alpha value is -6.23. The molecule has 0 aromatic heterocycles. The number of phenols is 1. The van der Waals surface area contributed by atoms with Crippen molar-refractivity contribution < 1.29 is 38.7 Å². The second-order valence-corrected chi connectivity index (χ2v) is 16.3. The van der Waals surface area contributed by atoms with E-state index in [0.29, 0.717) is 37.7 Å². The number of benzene rings is 1. The van der Waals surface area contributed by atoms with Gasteiger partial charge >= 0.3 is 0 Å². The minimum Gasteiger partial charge on any atom is -0.508 e. The maximum Gasteiger partial charge on any atom is 0.244 e. The van der Waals surface area contributed by atoms with Gasteiger partial charge < -0.3 is 76.7 Å². The molecule has 0 spiro atoms. The molecule has 0 bridgehead atoms. The maximum absolute atomic E-state index is 14.1. The Bertz CT molecular complexity index is 1770. The number of carbonyl (C=O) groups excluding carboxylic acids is 7. The number of guanidine groups is 2. The van der Waals surface area contributed by atoms with E-state index in [9.17, 15) is 38.7 Å². The number of hydrogen-bond donors (Lipinski definition) is 13. The first kappa shape index (κ1) is 53.9. The van der Waals surface area contributed by atoms with E-state index >= 15 is 0 Å². The minimum absolute atomic E-state index is 0.0346. The zero-order valence-electron chi connectivity index (χ0n) is 37.2. The first-order chi connectivity index (χ1) is 30.3. The molecule has 1 aromatic rings. The van der Waals surface area contributed by atoms with Gasteiger partial charge in [0.2, 0.25) is 41.4 Å². The summed E-state index contributed by atoms with van der Waals surface area (Å²) in [5, 5.41) is 23.1. The number of hydrogen-bond acceptors (Lipinski definition) is 12. The van der Waals surface area contributed by atoms with Crippen LogP contribution in [0.4, 0.5) is 0 Å². The van der Waals surface area contributed by atoms with Gasteiger partial charge in [-0.15, -0.1) is 0 Å². The quantitative estimate of drug-likeness (QED) is 0.0220. The number of aromatic hydroxyl groups is 1. The molecule has 23 nitrogen and oxygen atoms in total. The lowest BCUT2D eigenvalue weighted by Gasteiger charge is -2.29. The molecule has 1 aliphatic rings. The van der Waals surface area contributed by atoms with Crippen molar-refractivity contribution in [1.82, 2.24) is 31.5 Å². The van der Waals surface area contributed by atoms with Crippen LogP contribution in [-0.4, -0.2) is 132 Å². The summed E-state index contributed by atoms with van der Waals surface area (Å²) in [6, 6.07) is -2.02. The van der Waals surface area contributed by atoms with Crippen molar-refractivity contribution in [3.8, 4) is 5.75 Å². The number of carbonyl (C=O) groups is 7. The summed E-state index contributed by atoms with van der Waals surface area (Å²) in [6.45, 7) is 6.00. The topological polar surface area (TPSA) is 410 Å². The van der Waals surface area contributed by atoms with Gasteiger partial charge in [0.15, 0.2) is 11.9 Å². The highest BCUT2D eigenvalue weighted by atomic mass is 16.3. The maximum atomic E-state index is 14.1. The van der Waals surface area contributed by atoms with E-state index in [0.717, 1.165) is 0 Å². The molecule has 2 rings (SSSR count). The number of nitrogens with two attached hydrogens (primary N) is 7. The fourth-order valence-electron chi connectivity index (χ4n) is 6.94. The first-order valence-corrected chi connectivity index (χ1v) is 21.7. The Kier molecular flexibility index (Phi) is 23.4. The van der Waals surface area contributed by atoms with Gasteiger partial charge in [-0.2, -0.15) is 0 Å². The van der Waals surface area contributed by atoms with Crippen LogP contribution >= 0.6 is 0 Å². The Morgan fingerprint density at radius 1 is 0.703 bits per heavy atom. The van der Waals surface area contributed by atoms with Gasteiger partial charge in [0.1, 0.15) is 42.0 Å². The zero-order valence-corrected chi connectivity index (χ0v) is 37.2. The highest BCUT2D eigenvalue weighted by molar-refractivity contribution is 5.97. The van der Waals surface area contributed by atoms with Crippen molar-refractivity contribution >= 4 is 53.3 Å². The Morgan fingerprint density at radius 3 is 1.77 bits per heavy atom. The molecular weight excluding hydrogens is 831 g/mol. The smallest absolute Gasteiger partial charge is 0.244 e. The van der Waals surface area contributed by atoms with Crippen LogP contribution in [-0.2, 0) is 40.0 Å². The molecule has 0 radical (unpaired) electrons. The lowest BCUT2D eigenvalue weighted by Crippen LogP contribution is -2.61. The molecule has 0 saturated carbocycles. The third-order valence-corrected chi connectivity index (χ3v) is 10.5. The molecule has 7 atom stereocenters. The molecule has 1 saturated heterocycles. The number of amides is 7. The number of likely N-dealkylation sites (tertiary alicyclic amines) is 1. The van der Waals surface area contributed by atoms with Crippen LogP contribution in [0.5, 0.6) is 5.75 Å². The van der Waals surface area contributed by atoms with Crippen molar-refractivity contribution in [3.05, 3.63) is 29.8 Å². The van der Waals surface area contributed by atoms with E-state index in [4.69, 9.17) is 40.1 Å². The average Bonchev–Trinajstić information content (AvgIpc) is 3.73. The highest BCUT2D eigenvalue weighted by Gasteiger charge is 2.38. The number of nitrogens with one attached hydrogen (secondary N) is 5. The van der Waals surface area contributed by atoms with Crippen molar-refractivity contribution in [2.75, 3.05) is 26.2 Å². The molecule has 358 valence electrons. The molecule has 7 amide bonds. The third kappa shape index (κ3) is 19.0. The fourth-order valence-corrected chi connectivity index (χ4v) is 6.94. The largest absolute Gasteiger partial charge is 0.508 e. The lowest BCUT2D eigenvalue weighted by molar-refractivity contribution is -0.140. The van der Waals surface area contributed by atoms with Gasteiger partial charge in [-0.25, -0.2) is 0 Å². The zero-order chi connectivity index (χ0) is 47.9. The number of nitrogens with zero attached hydrogens (tertiary/aromatic N) is 3. The van der Waals surface area contributed by atoms with E-state index in [1.165, 1.54) is 17.0 Å². The van der Waals surface area contributed by atoms with Crippen LogP contribution in [0, 0.1) is 5.92 Å². The van der Waals surface area contributed by atoms with Crippen molar-refractivity contribution in [1.29, 1.82) is 0 Å². The second kappa shape index (κ2) is 27.7. The van der Waals surface area contributed by atoms with Crippen LogP contribution in [0.15, 0.2) is 34.3 Å². The normalized spacial score (nSPS) is 16.2. The molecule has 1 fully saturated rings. The molecule has 1 heterocycles. The summed E-state index contributed by atoms with van der Waals surface area (Å²) in [4.78, 5) is 104. The number of primary amides is 1. The van der Waals surface area contributed by atoms with E-state index in [1.807, 2.05) is 13.8 Å². The fraction of sp³-hybridized carbons (Fsp3) is 0.634. The van der Waals surface area contributed by atoms with Gasteiger partial charge in [0.05, 0.1) is 6.04 Å². The molecule has 64 heavy (non-hydrogen) atoms. The van der Waals surface area contributed by atoms with E-state index in [-0.39, 0.29) is 88.3 Å². The van der Waals surface area contributed by atoms with Crippen LogP contribution < -0.4 is 66.7 Å². The summed E-state index contributed by atoms with van der Waals surface area (Å²) in [5.41, 5.74) is 39.9. The van der Waals surface area contributed by atoms with Gasteiger partial charge in [-0.3, -0.25) is 43.5 Å². The molecule has 1 aliphatic heterocycles. The average molecular weight is 902 g/mol. The van der Waals surface area contributed by atoms with Crippen molar-refractivity contribution in [3.63, 3.8) is 0 Å². The SMILES string of the molecule is CCC[C@H](NC(=O)[C@H](CCCN=C(N)N)NC(=O)[C@@H]1CCCN1C(=O)[C@@H](N)CCCN=C(N)N)C(=O)N[C@@H](Cc1ccc(O)cc1)C(=O)N[C@@H](CN)C(=O)N[C@@H](CCC(C)C)C(N)=O. The number of aliphatic imine (C=N–C) groups is 2. The Labute approximate surface area is 374 Å². The van der Waals surface area contributed by atoms with Gasteiger partial charge in [0, 0.05) is 32.6 Å². The van der Waals surface area contributed by atoms with Gasteiger partial charge in [0.25, 0.3) is 0 Å². The van der Waals surface area contributed by atoms with Gasteiger partial charge in [-0.1, -0.05) is 39.3 Å². The predicted octanol–water partition coefficient (Wildman–Crippen LogP) is -3.54. The van der Waals surface area contributed by atoms with Crippen LogP contribution in [0.2, 0.25) is 0 Å². The van der Waals surface area contributed by atoms with Crippen molar-refractivity contribution in [2.45, 2.75) is 134 Å². The standard InChI is InChI=1S/C41H71N15O8/c1-4-8-28(34(59)54-30(21-24-13-15-25(57)16-14-24)36(61)55-31(22-42)37(62)51-27(33(44)58)17-12-23(2)3)52-35(60)29(10-6-19-50-41(47)48)53-38(63)32-11-7-20-56(32)39(64)26(43)9-5-18-49-40(45)46/h13-16,23,26-32,57H,4-12,17-22,42-43H2,1-3H3,(H2,44,58)(H,51,62)(H,52,60)(H,53,63)(H,54,59)(H,55,61)(H4,45,46,49)(H4,47,48,50)/t26-,27-,28-,29-,30-,31-,32-/m0/s1. The summed E-state index contributed by atoms with van der Waals surface area (Å²) in [7, 11) is 0. The second-order valence-electron chi connectivity index (χ2n) is 16.3. The van der Waals surface area contributed by atoms with Crippen LogP contribution in [0.3, 0.4) is 0 Å². The Morgan fingerprint density at radius 2 is 1.22 bits per heavy atom. The summed E-state index contributed by atoms with van der Waals surface area (Å²) in [6.07, 6.45) is 3.12. The molecular formula is C41H71N15O8.